The first-order valence-electron chi connectivity index (χ1n) is 16.1. The molecule has 3 amide bonds. The Hall–Kier alpha value is -4.02. The summed E-state index contributed by atoms with van der Waals surface area (Å²) in [5.41, 5.74) is 6.85. The Morgan fingerprint density at radius 1 is 0.959 bits per heavy atom. The number of ether oxygens (including phenoxy) is 1. The second-order valence-corrected chi connectivity index (χ2v) is 14.4. The van der Waals surface area contributed by atoms with Crippen molar-refractivity contribution >= 4 is 56.1 Å². The van der Waals surface area contributed by atoms with Gasteiger partial charge in [0, 0.05) is 37.4 Å². The summed E-state index contributed by atoms with van der Waals surface area (Å²) in [6.07, 6.45) is 2.84. The van der Waals surface area contributed by atoms with E-state index in [1.807, 2.05) is 12.1 Å². The lowest BCUT2D eigenvalue weighted by Gasteiger charge is -2.31. The molecule has 0 aliphatic carbocycles. The zero-order valence-corrected chi connectivity index (χ0v) is 28.9. The van der Waals surface area contributed by atoms with Gasteiger partial charge in [-0.3, -0.25) is 19.8 Å². The molecule has 49 heavy (non-hydrogen) atoms. The number of fused-ring (bicyclic) bond motifs is 1. The van der Waals surface area contributed by atoms with Gasteiger partial charge in [-0.05, 0) is 47.7 Å². The number of aliphatic hydroxyl groups excluding tert-OH is 1. The van der Waals surface area contributed by atoms with Crippen molar-refractivity contribution in [1.29, 1.82) is 5.41 Å². The molecule has 0 spiro atoms. The zero-order valence-electron chi connectivity index (χ0n) is 27.2. The number of amides is 3. The van der Waals surface area contributed by atoms with E-state index in [4.69, 9.17) is 21.0 Å². The second-order valence-electron chi connectivity index (χ2n) is 11.6. The highest BCUT2D eigenvalue weighted by Crippen LogP contribution is 2.20. The number of likely N-dealkylation sites (tertiary alicyclic amines) is 1. The number of carbonyl (C=O) groups excluding carboxylic acids is 3. The third kappa shape index (κ3) is 11.5. The molecule has 4 rings (SSSR count). The van der Waals surface area contributed by atoms with Crippen LogP contribution in [0.4, 0.5) is 0 Å². The zero-order chi connectivity index (χ0) is 35.2. The van der Waals surface area contributed by atoms with Crippen LogP contribution in [0.15, 0.2) is 71.6 Å². The second kappa shape index (κ2) is 18.7. The van der Waals surface area contributed by atoms with Crippen LogP contribution >= 0.6 is 11.8 Å². The molecule has 2 atom stereocenters. The standard InChI is InChI=1S/C34H44N6O7S2/c35-32(36)26-10-8-24(9-11-26)20-29(34(44)40-15-4-1-5-16-40)38-33(43)30(22-48-23-31(42)37-14-18-47-19-17-41)39-49(45,46)28-13-12-25-6-2-3-7-27(25)21-28/h2-3,6-13,21,29-30,39,41H,1,4-5,14-20,22-23H2,(H3,35,36)(H,37,42)(H,38,43)/t29?,30-/m0/s1. The van der Waals surface area contributed by atoms with Crippen LogP contribution in [0, 0.1) is 5.41 Å². The average Bonchev–Trinajstić information content (AvgIpc) is 3.10. The molecule has 0 radical (unpaired) electrons. The molecule has 3 aromatic carbocycles. The molecule has 1 aliphatic heterocycles. The molecule has 1 aliphatic rings. The highest BCUT2D eigenvalue weighted by atomic mass is 32.2. The summed E-state index contributed by atoms with van der Waals surface area (Å²) < 4.78 is 35.0. The summed E-state index contributed by atoms with van der Waals surface area (Å²) >= 11 is 1.07. The Labute approximate surface area is 290 Å². The van der Waals surface area contributed by atoms with Crippen molar-refractivity contribution in [3.63, 3.8) is 0 Å². The first-order valence-corrected chi connectivity index (χ1v) is 18.8. The minimum atomic E-state index is -4.21. The quantitative estimate of drug-likeness (QED) is 0.0640. The number of rotatable bonds is 18. The molecule has 264 valence electrons. The van der Waals surface area contributed by atoms with E-state index in [-0.39, 0.29) is 66.8 Å². The van der Waals surface area contributed by atoms with Gasteiger partial charge < -0.3 is 31.1 Å². The summed E-state index contributed by atoms with van der Waals surface area (Å²) in [6.45, 7) is 1.59. The molecule has 15 heteroatoms. The van der Waals surface area contributed by atoms with Crippen LogP contribution < -0.4 is 21.1 Å². The fraction of sp³-hybridized carbons (Fsp3) is 0.412. The number of hydrogen-bond acceptors (Lipinski definition) is 9. The molecular weight excluding hydrogens is 669 g/mol. The van der Waals surface area contributed by atoms with Crippen LogP contribution in [0.2, 0.25) is 0 Å². The van der Waals surface area contributed by atoms with Crippen molar-refractivity contribution in [1.82, 2.24) is 20.3 Å². The van der Waals surface area contributed by atoms with Gasteiger partial charge in [-0.2, -0.15) is 4.72 Å². The summed E-state index contributed by atoms with van der Waals surface area (Å²) in [4.78, 5) is 41.8. The van der Waals surface area contributed by atoms with Crippen LogP contribution in [-0.2, 0) is 35.6 Å². The third-order valence-corrected chi connectivity index (χ3v) is 10.5. The molecule has 13 nitrogen and oxygen atoms in total. The van der Waals surface area contributed by atoms with E-state index in [0.29, 0.717) is 24.0 Å². The number of piperidine rings is 1. The SMILES string of the molecule is N=C(N)c1ccc(CC(NC(=O)[C@H](CSCC(=O)NCCOCCO)NS(=O)(=O)c2ccc3ccccc3c2)C(=O)N2CCCCC2)cc1. The Kier molecular flexibility index (Phi) is 14.4. The molecule has 0 saturated carbocycles. The van der Waals surface area contributed by atoms with E-state index in [2.05, 4.69) is 15.4 Å². The van der Waals surface area contributed by atoms with E-state index in [1.165, 1.54) is 12.1 Å². The number of nitrogens with one attached hydrogen (secondary N) is 4. The van der Waals surface area contributed by atoms with Crippen LogP contribution in [-0.4, -0.2) is 105 Å². The largest absolute Gasteiger partial charge is 0.394 e. The smallest absolute Gasteiger partial charge is 0.245 e. The van der Waals surface area contributed by atoms with Gasteiger partial charge in [-0.1, -0.05) is 54.6 Å². The van der Waals surface area contributed by atoms with Crippen molar-refractivity contribution in [3.05, 3.63) is 77.9 Å². The van der Waals surface area contributed by atoms with E-state index in [0.717, 1.165) is 42.0 Å². The van der Waals surface area contributed by atoms with Crippen molar-refractivity contribution in [2.24, 2.45) is 5.73 Å². The number of benzene rings is 3. The number of aliphatic hydroxyl groups is 1. The topological polar surface area (TPSA) is 204 Å². The van der Waals surface area contributed by atoms with Gasteiger partial charge in [0.1, 0.15) is 17.9 Å². The Bertz CT molecular complexity index is 1700. The van der Waals surface area contributed by atoms with Gasteiger partial charge in [0.15, 0.2) is 0 Å². The first kappa shape index (κ1) is 37.8. The van der Waals surface area contributed by atoms with Crippen molar-refractivity contribution < 1.29 is 32.6 Å². The predicted octanol–water partition coefficient (Wildman–Crippen LogP) is 1.37. The minimum Gasteiger partial charge on any atom is -0.394 e. The van der Waals surface area contributed by atoms with Gasteiger partial charge >= 0.3 is 0 Å². The third-order valence-electron chi connectivity index (χ3n) is 7.95. The van der Waals surface area contributed by atoms with Gasteiger partial charge in [-0.25, -0.2) is 8.42 Å². The number of nitrogens with zero attached hydrogens (tertiary/aromatic N) is 1. The molecule has 1 heterocycles. The number of nitrogen functional groups attached to an aromatic ring is 1. The Morgan fingerprint density at radius 2 is 1.67 bits per heavy atom. The first-order chi connectivity index (χ1) is 23.6. The number of hydrogen-bond donors (Lipinski definition) is 6. The molecule has 7 N–H and O–H groups in total. The van der Waals surface area contributed by atoms with Crippen molar-refractivity contribution in [3.8, 4) is 0 Å². The summed E-state index contributed by atoms with van der Waals surface area (Å²) in [6, 6.07) is 16.5. The lowest BCUT2D eigenvalue weighted by molar-refractivity contribution is -0.137. The molecule has 1 fully saturated rings. The Balaban J connectivity index is 1.53. The number of amidine groups is 1. The number of carbonyl (C=O) groups is 3. The minimum absolute atomic E-state index is 0.0267. The van der Waals surface area contributed by atoms with Gasteiger partial charge in [0.25, 0.3) is 0 Å². The lowest BCUT2D eigenvalue weighted by Crippen LogP contribution is -2.56. The molecule has 0 bridgehead atoms. The van der Waals surface area contributed by atoms with Crippen LogP contribution in [0.3, 0.4) is 0 Å². The molecular formula is C34H44N6O7S2. The fourth-order valence-electron chi connectivity index (χ4n) is 5.37. The maximum absolute atomic E-state index is 13.9. The number of thioether (sulfide) groups is 1. The number of nitrogens with two attached hydrogens (primary N) is 1. The molecule has 3 aromatic rings. The van der Waals surface area contributed by atoms with Gasteiger partial charge in [-0.15, -0.1) is 11.8 Å². The summed E-state index contributed by atoms with van der Waals surface area (Å²) in [5.74, 6) is -1.55. The maximum Gasteiger partial charge on any atom is 0.245 e. The Morgan fingerprint density at radius 3 is 2.37 bits per heavy atom. The molecule has 0 aromatic heterocycles. The van der Waals surface area contributed by atoms with Crippen molar-refractivity contribution in [2.75, 3.05) is 51.0 Å². The average molecular weight is 713 g/mol. The van der Waals surface area contributed by atoms with E-state index in [1.54, 1.807) is 47.4 Å². The van der Waals surface area contributed by atoms with Crippen molar-refractivity contribution in [2.45, 2.75) is 42.7 Å². The van der Waals surface area contributed by atoms with E-state index >= 15 is 0 Å². The van der Waals surface area contributed by atoms with Gasteiger partial charge in [0.05, 0.1) is 30.5 Å². The maximum atomic E-state index is 13.9. The van der Waals surface area contributed by atoms with E-state index in [9.17, 15) is 22.8 Å². The van der Waals surface area contributed by atoms with Crippen LogP contribution in [0.1, 0.15) is 30.4 Å². The predicted molar refractivity (Wildman–Crippen MR) is 190 cm³/mol. The summed E-state index contributed by atoms with van der Waals surface area (Å²) in [5, 5.41) is 23.5. The highest BCUT2D eigenvalue weighted by Gasteiger charge is 2.32. The molecule has 1 unspecified atom stereocenters. The lowest BCUT2D eigenvalue weighted by atomic mass is 10.0. The number of sulfonamides is 1. The highest BCUT2D eigenvalue weighted by molar-refractivity contribution is 8.00. The van der Waals surface area contributed by atoms with Gasteiger partial charge in [0.2, 0.25) is 27.7 Å². The van der Waals surface area contributed by atoms with Crippen LogP contribution in [0.5, 0.6) is 0 Å². The van der Waals surface area contributed by atoms with E-state index < -0.39 is 28.0 Å². The fourth-order valence-corrected chi connectivity index (χ4v) is 7.58. The summed E-state index contributed by atoms with van der Waals surface area (Å²) in [7, 11) is -4.21. The van der Waals surface area contributed by atoms with Crippen LogP contribution in [0.25, 0.3) is 10.8 Å². The normalized spacial score (nSPS) is 14.6. The molecule has 1 saturated heterocycles. The monoisotopic (exact) mass is 712 g/mol.